The van der Waals surface area contributed by atoms with Crippen LogP contribution in [0.5, 0.6) is 0 Å². The molecule has 0 bridgehead atoms. The SMILES string of the molecule is CC(C)(C)C1CN(C(C)(C)C)CC1N1CCOCC1. The van der Waals surface area contributed by atoms with Crippen LogP contribution in [0.15, 0.2) is 0 Å². The Hall–Kier alpha value is -0.120. The average Bonchev–Trinajstić information content (AvgIpc) is 2.74. The molecule has 2 rings (SSSR count). The van der Waals surface area contributed by atoms with Crippen molar-refractivity contribution in [3.63, 3.8) is 0 Å². The summed E-state index contributed by atoms with van der Waals surface area (Å²) in [5.74, 6) is 0.754. The molecule has 0 aromatic rings. The van der Waals surface area contributed by atoms with Gasteiger partial charge in [0.15, 0.2) is 0 Å². The molecule has 0 saturated carbocycles. The fourth-order valence-corrected chi connectivity index (χ4v) is 3.46. The Bertz CT molecular complexity index is 297. The van der Waals surface area contributed by atoms with Gasteiger partial charge in [-0.05, 0) is 32.1 Å². The van der Waals surface area contributed by atoms with Crippen LogP contribution in [0.4, 0.5) is 0 Å². The van der Waals surface area contributed by atoms with Gasteiger partial charge in [-0.2, -0.15) is 0 Å². The maximum Gasteiger partial charge on any atom is 0.0594 e. The van der Waals surface area contributed by atoms with Crippen LogP contribution in [0.25, 0.3) is 0 Å². The Balaban J connectivity index is 2.13. The van der Waals surface area contributed by atoms with E-state index in [2.05, 4.69) is 51.3 Å². The van der Waals surface area contributed by atoms with Crippen molar-refractivity contribution in [3.05, 3.63) is 0 Å². The van der Waals surface area contributed by atoms with Gasteiger partial charge in [-0.3, -0.25) is 9.80 Å². The number of rotatable bonds is 1. The molecule has 2 unspecified atom stereocenters. The number of hydrogen-bond donors (Lipinski definition) is 0. The zero-order valence-electron chi connectivity index (χ0n) is 13.7. The van der Waals surface area contributed by atoms with Crippen molar-refractivity contribution in [3.8, 4) is 0 Å². The van der Waals surface area contributed by atoms with Crippen molar-refractivity contribution in [1.82, 2.24) is 9.80 Å². The van der Waals surface area contributed by atoms with Crippen LogP contribution in [0.3, 0.4) is 0 Å². The third-order valence-corrected chi connectivity index (χ3v) is 4.86. The number of morpholine rings is 1. The van der Waals surface area contributed by atoms with Gasteiger partial charge in [0.2, 0.25) is 0 Å². The summed E-state index contributed by atoms with van der Waals surface area (Å²) in [5.41, 5.74) is 0.660. The maximum absolute atomic E-state index is 5.52. The first-order chi connectivity index (χ1) is 8.69. The van der Waals surface area contributed by atoms with E-state index in [1.165, 1.54) is 13.1 Å². The lowest BCUT2D eigenvalue weighted by molar-refractivity contribution is -0.00136. The van der Waals surface area contributed by atoms with Gasteiger partial charge in [0.05, 0.1) is 13.2 Å². The minimum atomic E-state index is 0.282. The third kappa shape index (κ3) is 3.50. The molecular formula is C16H32N2O. The average molecular weight is 268 g/mol. The first kappa shape index (κ1) is 15.3. The highest BCUT2D eigenvalue weighted by molar-refractivity contribution is 4.99. The fraction of sp³-hybridized carbons (Fsp3) is 1.00. The van der Waals surface area contributed by atoms with E-state index in [0.29, 0.717) is 11.5 Å². The van der Waals surface area contributed by atoms with E-state index in [4.69, 9.17) is 4.74 Å². The second-order valence-corrected chi connectivity index (χ2v) is 8.26. The Morgan fingerprint density at radius 3 is 1.95 bits per heavy atom. The number of hydrogen-bond acceptors (Lipinski definition) is 3. The smallest absolute Gasteiger partial charge is 0.0594 e. The molecule has 0 amide bonds. The molecule has 0 aliphatic carbocycles. The van der Waals surface area contributed by atoms with Gasteiger partial charge < -0.3 is 4.74 Å². The topological polar surface area (TPSA) is 15.7 Å². The second kappa shape index (κ2) is 5.34. The molecule has 0 radical (unpaired) electrons. The van der Waals surface area contributed by atoms with E-state index in [0.717, 1.165) is 32.2 Å². The van der Waals surface area contributed by atoms with Crippen molar-refractivity contribution in [2.75, 3.05) is 39.4 Å². The molecule has 0 aromatic heterocycles. The first-order valence-corrected chi connectivity index (χ1v) is 7.76. The van der Waals surface area contributed by atoms with Crippen LogP contribution >= 0.6 is 0 Å². The van der Waals surface area contributed by atoms with Gasteiger partial charge in [0.1, 0.15) is 0 Å². The summed E-state index contributed by atoms with van der Waals surface area (Å²) in [6.45, 7) is 20.7. The molecule has 19 heavy (non-hydrogen) atoms. The van der Waals surface area contributed by atoms with Crippen molar-refractivity contribution >= 4 is 0 Å². The molecule has 2 heterocycles. The molecule has 2 aliphatic rings. The molecule has 2 fully saturated rings. The summed E-state index contributed by atoms with van der Waals surface area (Å²) in [5, 5.41) is 0. The van der Waals surface area contributed by atoms with Crippen molar-refractivity contribution in [2.45, 2.75) is 53.1 Å². The molecule has 0 aromatic carbocycles. The van der Waals surface area contributed by atoms with E-state index in [1.807, 2.05) is 0 Å². The molecule has 2 aliphatic heterocycles. The molecule has 3 nitrogen and oxygen atoms in total. The minimum absolute atomic E-state index is 0.282. The van der Waals surface area contributed by atoms with E-state index in [1.54, 1.807) is 0 Å². The van der Waals surface area contributed by atoms with E-state index in [9.17, 15) is 0 Å². The van der Waals surface area contributed by atoms with Crippen LogP contribution in [0.2, 0.25) is 0 Å². The normalized spacial score (nSPS) is 31.9. The summed E-state index contributed by atoms with van der Waals surface area (Å²) in [6, 6.07) is 0.697. The standard InChI is InChI=1S/C16H32N2O/c1-15(2,3)13-11-18(16(4,5)6)12-14(13)17-7-9-19-10-8-17/h13-14H,7-12H2,1-6H3. The van der Waals surface area contributed by atoms with Crippen molar-refractivity contribution < 1.29 is 4.74 Å². The number of ether oxygens (including phenoxy) is 1. The molecule has 3 heteroatoms. The lowest BCUT2D eigenvalue weighted by atomic mass is 9.77. The molecule has 0 spiro atoms. The highest BCUT2D eigenvalue weighted by Gasteiger charge is 2.45. The van der Waals surface area contributed by atoms with Gasteiger partial charge in [-0.15, -0.1) is 0 Å². The lowest BCUT2D eigenvalue weighted by Gasteiger charge is -2.40. The Morgan fingerprint density at radius 2 is 1.47 bits per heavy atom. The number of likely N-dealkylation sites (tertiary alicyclic amines) is 1. The molecule has 112 valence electrons. The summed E-state index contributed by atoms with van der Waals surface area (Å²) in [6.07, 6.45) is 0. The quantitative estimate of drug-likeness (QED) is 0.726. The fourth-order valence-electron chi connectivity index (χ4n) is 3.46. The van der Waals surface area contributed by atoms with E-state index in [-0.39, 0.29) is 5.54 Å². The molecule has 2 saturated heterocycles. The first-order valence-electron chi connectivity index (χ1n) is 7.76. The molecule has 0 N–H and O–H groups in total. The summed E-state index contributed by atoms with van der Waals surface area (Å²) >= 11 is 0. The highest BCUT2D eigenvalue weighted by Crippen LogP contribution is 2.39. The molecular weight excluding hydrogens is 236 g/mol. The van der Waals surface area contributed by atoms with Crippen LogP contribution in [0, 0.1) is 11.3 Å². The Morgan fingerprint density at radius 1 is 0.895 bits per heavy atom. The van der Waals surface area contributed by atoms with Crippen molar-refractivity contribution in [1.29, 1.82) is 0 Å². The zero-order valence-corrected chi connectivity index (χ0v) is 13.7. The third-order valence-electron chi connectivity index (χ3n) is 4.86. The zero-order chi connectivity index (χ0) is 14.3. The van der Waals surface area contributed by atoms with Crippen LogP contribution in [-0.2, 0) is 4.74 Å². The lowest BCUT2D eigenvalue weighted by Crippen LogP contribution is -2.50. The monoisotopic (exact) mass is 268 g/mol. The van der Waals surface area contributed by atoms with Gasteiger partial charge in [-0.1, -0.05) is 20.8 Å². The van der Waals surface area contributed by atoms with Gasteiger partial charge in [0, 0.05) is 37.8 Å². The largest absolute Gasteiger partial charge is 0.379 e. The predicted octanol–water partition coefficient (Wildman–Crippen LogP) is 2.46. The Labute approximate surface area is 119 Å². The summed E-state index contributed by atoms with van der Waals surface area (Å²) < 4.78 is 5.52. The van der Waals surface area contributed by atoms with Gasteiger partial charge in [-0.25, -0.2) is 0 Å². The second-order valence-electron chi connectivity index (χ2n) is 8.26. The van der Waals surface area contributed by atoms with Crippen LogP contribution in [-0.4, -0.2) is 60.8 Å². The minimum Gasteiger partial charge on any atom is -0.379 e. The van der Waals surface area contributed by atoms with Crippen LogP contribution in [0.1, 0.15) is 41.5 Å². The van der Waals surface area contributed by atoms with Gasteiger partial charge in [0.25, 0.3) is 0 Å². The van der Waals surface area contributed by atoms with Crippen molar-refractivity contribution in [2.24, 2.45) is 11.3 Å². The number of nitrogens with zero attached hydrogens (tertiary/aromatic N) is 2. The summed E-state index contributed by atoms with van der Waals surface area (Å²) in [4.78, 5) is 5.34. The van der Waals surface area contributed by atoms with E-state index < -0.39 is 0 Å². The maximum atomic E-state index is 5.52. The van der Waals surface area contributed by atoms with Gasteiger partial charge >= 0.3 is 0 Å². The van der Waals surface area contributed by atoms with Crippen LogP contribution < -0.4 is 0 Å². The highest BCUT2D eigenvalue weighted by atomic mass is 16.5. The molecule has 2 atom stereocenters. The van der Waals surface area contributed by atoms with E-state index >= 15 is 0 Å². The Kier molecular flexibility index (Phi) is 4.29. The summed E-state index contributed by atoms with van der Waals surface area (Å²) in [7, 11) is 0. The predicted molar refractivity (Wildman–Crippen MR) is 80.5 cm³/mol.